The van der Waals surface area contributed by atoms with Crippen LogP contribution in [0.25, 0.3) is 10.1 Å². The average Bonchev–Trinajstić information content (AvgIpc) is 3.44. The fourth-order valence-corrected chi connectivity index (χ4v) is 6.00. The summed E-state index contributed by atoms with van der Waals surface area (Å²) in [5, 5.41) is 22.0. The number of ether oxygens (including phenoxy) is 1. The molecular formula is C27H26N6O4S. The Morgan fingerprint density at radius 3 is 2.84 bits per heavy atom. The van der Waals surface area contributed by atoms with Crippen molar-refractivity contribution in [2.75, 3.05) is 31.6 Å². The number of fused-ring (bicyclic) bond motifs is 1. The molecule has 10 nitrogen and oxygen atoms in total. The zero-order chi connectivity index (χ0) is 26.7. The Labute approximate surface area is 223 Å². The molecule has 11 heteroatoms. The summed E-state index contributed by atoms with van der Waals surface area (Å²) in [6.45, 7) is 2.97. The highest BCUT2D eigenvalue weighted by Gasteiger charge is 2.54. The van der Waals surface area contributed by atoms with E-state index in [0.29, 0.717) is 52.6 Å². The van der Waals surface area contributed by atoms with Crippen LogP contribution in [0, 0.1) is 17.2 Å². The normalized spacial score (nSPS) is 20.5. The summed E-state index contributed by atoms with van der Waals surface area (Å²) in [6.07, 6.45) is 0.328. The molecule has 1 saturated heterocycles. The predicted octanol–water partition coefficient (Wildman–Crippen LogP) is 3.05. The zero-order valence-corrected chi connectivity index (χ0v) is 21.5. The molecule has 2 unspecified atom stereocenters. The number of nitrogens with zero attached hydrogens (tertiary/aromatic N) is 2. The van der Waals surface area contributed by atoms with Crippen LogP contribution < -0.4 is 26.0 Å². The molecule has 1 aromatic heterocycles. The van der Waals surface area contributed by atoms with E-state index >= 15 is 0 Å². The van der Waals surface area contributed by atoms with Crippen LogP contribution >= 0.6 is 11.3 Å². The number of benzene rings is 2. The van der Waals surface area contributed by atoms with E-state index in [4.69, 9.17) is 9.73 Å². The molecule has 3 amide bonds. The van der Waals surface area contributed by atoms with Crippen molar-refractivity contribution < 1.29 is 19.1 Å². The van der Waals surface area contributed by atoms with Crippen LogP contribution in [0.3, 0.4) is 0 Å². The first kappa shape index (κ1) is 25.4. The Bertz CT molecular complexity index is 1490. The molecule has 4 N–H and O–H groups in total. The lowest BCUT2D eigenvalue weighted by molar-refractivity contribution is -0.125. The third-order valence-corrected chi connectivity index (χ3v) is 7.77. The Balaban J connectivity index is 1.48. The maximum Gasteiger partial charge on any atom is 0.319 e. The fourth-order valence-electron chi connectivity index (χ4n) is 4.90. The highest BCUT2D eigenvalue weighted by molar-refractivity contribution is 7.23. The fraction of sp³-hybridized carbons (Fsp3) is 0.296. The minimum Gasteiger partial charge on any atom is -0.484 e. The van der Waals surface area contributed by atoms with Gasteiger partial charge in [0.15, 0.2) is 11.3 Å². The molecule has 2 aromatic carbocycles. The molecule has 0 saturated carbocycles. The van der Waals surface area contributed by atoms with Gasteiger partial charge >= 0.3 is 6.03 Å². The molecule has 3 heterocycles. The molecule has 3 aromatic rings. The number of ketones is 1. The summed E-state index contributed by atoms with van der Waals surface area (Å²) in [6, 6.07) is 15.9. The van der Waals surface area contributed by atoms with Crippen molar-refractivity contribution in [1.82, 2.24) is 16.0 Å². The number of urea groups is 1. The number of carbonyl (C=O) groups excluding carboxylic acids is 3. The van der Waals surface area contributed by atoms with E-state index < -0.39 is 17.5 Å². The molecule has 1 fully saturated rings. The van der Waals surface area contributed by atoms with E-state index in [2.05, 4.69) is 27.3 Å². The van der Waals surface area contributed by atoms with Crippen LogP contribution in [0.4, 0.5) is 9.80 Å². The van der Waals surface area contributed by atoms with Gasteiger partial charge in [0.25, 0.3) is 5.91 Å². The first-order valence-electron chi connectivity index (χ1n) is 12.3. The van der Waals surface area contributed by atoms with Gasteiger partial charge in [-0.1, -0.05) is 30.3 Å². The highest BCUT2D eigenvalue weighted by atomic mass is 32.1. The second-order valence-electron chi connectivity index (χ2n) is 8.99. The predicted molar refractivity (Wildman–Crippen MR) is 145 cm³/mol. The van der Waals surface area contributed by atoms with Crippen molar-refractivity contribution >= 4 is 50.0 Å². The van der Waals surface area contributed by atoms with Gasteiger partial charge in [0, 0.05) is 23.2 Å². The van der Waals surface area contributed by atoms with Gasteiger partial charge in [-0.3, -0.25) is 19.9 Å². The lowest BCUT2D eigenvalue weighted by Crippen LogP contribution is -2.57. The van der Waals surface area contributed by atoms with E-state index in [1.165, 1.54) is 11.3 Å². The SMILES string of the molecule is CCNC(=O)Nc1sc2ccccc2c1C(=O)C1CNCCC12N=C(COc1ccccc1C#N)NC2=O. The molecule has 0 aliphatic carbocycles. The maximum absolute atomic E-state index is 14.2. The molecule has 5 rings (SSSR count). The smallest absolute Gasteiger partial charge is 0.319 e. The van der Waals surface area contributed by atoms with Crippen molar-refractivity contribution in [1.29, 1.82) is 5.26 Å². The number of thiophene rings is 1. The second kappa shape index (κ2) is 10.6. The molecule has 0 bridgehead atoms. The van der Waals surface area contributed by atoms with Gasteiger partial charge in [0.1, 0.15) is 29.3 Å². The highest BCUT2D eigenvalue weighted by Crippen LogP contribution is 2.41. The Morgan fingerprint density at radius 1 is 1.24 bits per heavy atom. The molecule has 38 heavy (non-hydrogen) atoms. The Morgan fingerprint density at radius 2 is 2.03 bits per heavy atom. The first-order valence-corrected chi connectivity index (χ1v) is 13.1. The summed E-state index contributed by atoms with van der Waals surface area (Å²) in [5.41, 5.74) is -0.555. The van der Waals surface area contributed by atoms with Crippen molar-refractivity contribution in [2.45, 2.75) is 18.9 Å². The zero-order valence-electron chi connectivity index (χ0n) is 20.7. The average molecular weight is 531 g/mol. The van der Waals surface area contributed by atoms with Crippen molar-refractivity contribution in [3.63, 3.8) is 0 Å². The van der Waals surface area contributed by atoms with Gasteiger partial charge in [-0.2, -0.15) is 5.26 Å². The van der Waals surface area contributed by atoms with E-state index in [-0.39, 0.29) is 24.8 Å². The monoisotopic (exact) mass is 530 g/mol. The number of hydrogen-bond donors (Lipinski definition) is 4. The number of amidine groups is 1. The quantitative estimate of drug-likeness (QED) is 0.346. The van der Waals surface area contributed by atoms with Crippen molar-refractivity contribution in [2.24, 2.45) is 10.9 Å². The number of piperidine rings is 1. The summed E-state index contributed by atoms with van der Waals surface area (Å²) < 4.78 is 6.64. The number of nitrogens with one attached hydrogen (secondary N) is 4. The van der Waals surface area contributed by atoms with Crippen LogP contribution in [-0.4, -0.2) is 55.3 Å². The third kappa shape index (κ3) is 4.60. The van der Waals surface area contributed by atoms with Gasteiger partial charge < -0.3 is 20.7 Å². The number of rotatable bonds is 7. The topological polar surface area (TPSA) is 145 Å². The molecule has 1 spiro atoms. The number of amides is 3. The van der Waals surface area contributed by atoms with Crippen LogP contribution in [0.2, 0.25) is 0 Å². The molecule has 0 radical (unpaired) electrons. The molecular weight excluding hydrogens is 504 g/mol. The molecule has 2 atom stereocenters. The van der Waals surface area contributed by atoms with Crippen LogP contribution in [0.15, 0.2) is 53.5 Å². The molecule has 2 aliphatic heterocycles. The summed E-state index contributed by atoms with van der Waals surface area (Å²) >= 11 is 1.32. The standard InChI is InChI=1S/C27H26N6O4S/c1-2-30-26(36)32-24-22(17-8-4-6-10-20(17)38-24)23(34)18-14-29-12-11-27(18)25(35)31-21(33-27)15-37-19-9-5-3-7-16(19)13-28/h3-10,18,29H,2,11-12,14-15H2,1H3,(H2,30,32,36)(H,31,33,35). The number of Topliss-reactive ketones (excluding diaryl/α,β-unsaturated/α-hetero) is 1. The number of para-hydroxylation sites is 1. The van der Waals surface area contributed by atoms with Crippen molar-refractivity contribution in [3.05, 3.63) is 59.7 Å². The minimum atomic E-state index is -1.30. The molecule has 2 aliphatic rings. The minimum absolute atomic E-state index is 0.0497. The molecule has 194 valence electrons. The Kier molecular flexibility index (Phi) is 7.09. The van der Waals surface area contributed by atoms with Crippen LogP contribution in [0.1, 0.15) is 29.3 Å². The number of aliphatic imine (C=N–C) groups is 1. The lowest BCUT2D eigenvalue weighted by atomic mass is 9.74. The van der Waals surface area contributed by atoms with Gasteiger partial charge in [0.2, 0.25) is 0 Å². The number of anilines is 1. The Hall–Kier alpha value is -4.27. The third-order valence-electron chi connectivity index (χ3n) is 6.69. The van der Waals surface area contributed by atoms with Gasteiger partial charge in [-0.15, -0.1) is 11.3 Å². The van der Waals surface area contributed by atoms with E-state index in [9.17, 15) is 19.6 Å². The van der Waals surface area contributed by atoms with Gasteiger partial charge in [-0.25, -0.2) is 4.79 Å². The summed E-state index contributed by atoms with van der Waals surface area (Å²) in [4.78, 5) is 44.7. The lowest BCUT2D eigenvalue weighted by Gasteiger charge is -2.36. The van der Waals surface area contributed by atoms with Gasteiger partial charge in [0.05, 0.1) is 17.0 Å². The summed E-state index contributed by atoms with van der Waals surface area (Å²) in [5.74, 6) is -0.734. The van der Waals surface area contributed by atoms with E-state index in [1.807, 2.05) is 31.2 Å². The number of nitriles is 1. The van der Waals surface area contributed by atoms with Gasteiger partial charge in [-0.05, 0) is 38.1 Å². The summed E-state index contributed by atoms with van der Waals surface area (Å²) in [7, 11) is 0. The van der Waals surface area contributed by atoms with E-state index in [1.54, 1.807) is 24.3 Å². The van der Waals surface area contributed by atoms with Crippen LogP contribution in [0.5, 0.6) is 5.75 Å². The second-order valence-corrected chi connectivity index (χ2v) is 10.0. The first-order chi connectivity index (χ1) is 18.5. The van der Waals surface area contributed by atoms with Crippen LogP contribution in [-0.2, 0) is 4.79 Å². The number of hydrogen-bond acceptors (Lipinski definition) is 8. The number of carbonyl (C=O) groups is 3. The van der Waals surface area contributed by atoms with Crippen molar-refractivity contribution in [3.8, 4) is 11.8 Å². The van der Waals surface area contributed by atoms with E-state index in [0.717, 1.165) is 4.70 Å². The largest absolute Gasteiger partial charge is 0.484 e. The maximum atomic E-state index is 14.2.